The van der Waals surface area contributed by atoms with Gasteiger partial charge in [0, 0.05) is 0 Å². The van der Waals surface area contributed by atoms with Crippen molar-refractivity contribution in [2.75, 3.05) is 0 Å². The van der Waals surface area contributed by atoms with Gasteiger partial charge in [0.1, 0.15) is 0 Å². The predicted molar refractivity (Wildman–Crippen MR) is 61.2 cm³/mol. The Morgan fingerprint density at radius 2 is 0.944 bits per heavy atom. The maximum atomic E-state index is 10.0. The van der Waals surface area contributed by atoms with Gasteiger partial charge in [-0.05, 0) is 13.8 Å². The fraction of sp³-hybridized carbons (Fsp3) is 0.500. The van der Waals surface area contributed by atoms with E-state index in [-0.39, 0.29) is 25.7 Å². The Labute approximate surface area is 105 Å². The Bertz CT molecular complexity index is 307. The first kappa shape index (κ1) is 16.0. The zero-order valence-corrected chi connectivity index (χ0v) is 10.5. The van der Waals surface area contributed by atoms with E-state index in [1.165, 1.54) is 5.57 Å². The molecule has 0 aromatic carbocycles. The van der Waals surface area contributed by atoms with E-state index >= 15 is 0 Å². The summed E-state index contributed by atoms with van der Waals surface area (Å²) in [6.45, 7) is 7.50. The van der Waals surface area contributed by atoms with Gasteiger partial charge in [-0.3, -0.25) is 19.2 Å². The molecule has 2 rings (SSSR count). The van der Waals surface area contributed by atoms with Crippen LogP contribution >= 0.6 is 0 Å². The van der Waals surface area contributed by atoms with Crippen LogP contribution in [0.2, 0.25) is 0 Å². The number of cyclic esters (lactones) is 4. The SMILES string of the molecule is C=C(C)C.O=C1CCC(=O)O1.O=C1CCC(=O)O1. The molecule has 0 atom stereocenters. The average molecular weight is 256 g/mol. The lowest BCUT2D eigenvalue weighted by Crippen LogP contribution is -1.95. The Balaban J connectivity index is 0.000000253. The molecule has 2 saturated heterocycles. The Morgan fingerprint density at radius 1 is 0.778 bits per heavy atom. The number of rotatable bonds is 0. The molecule has 0 aromatic heterocycles. The zero-order chi connectivity index (χ0) is 14.1. The molecule has 0 aliphatic carbocycles. The van der Waals surface area contributed by atoms with Gasteiger partial charge in [-0.2, -0.15) is 0 Å². The largest absolute Gasteiger partial charge is 0.393 e. The van der Waals surface area contributed by atoms with Crippen LogP contribution in [0.15, 0.2) is 12.2 Å². The van der Waals surface area contributed by atoms with E-state index < -0.39 is 23.9 Å². The Kier molecular flexibility index (Phi) is 7.26. The summed E-state index contributed by atoms with van der Waals surface area (Å²) in [6.07, 6.45) is 1.05. The highest BCUT2D eigenvalue weighted by molar-refractivity contribution is 5.93. The summed E-state index contributed by atoms with van der Waals surface area (Å²) < 4.78 is 8.17. The lowest BCUT2D eigenvalue weighted by molar-refractivity contribution is -0.153. The third-order valence-corrected chi connectivity index (χ3v) is 1.52. The molecule has 0 amide bonds. The van der Waals surface area contributed by atoms with Crippen LogP contribution in [0, 0.1) is 0 Å². The van der Waals surface area contributed by atoms with Crippen molar-refractivity contribution in [3.05, 3.63) is 12.2 Å². The normalized spacial score (nSPS) is 17.0. The van der Waals surface area contributed by atoms with Gasteiger partial charge >= 0.3 is 23.9 Å². The van der Waals surface area contributed by atoms with Crippen LogP contribution in [0.5, 0.6) is 0 Å². The molecule has 2 aliphatic rings. The van der Waals surface area contributed by atoms with Gasteiger partial charge in [0.05, 0.1) is 25.7 Å². The highest BCUT2D eigenvalue weighted by Crippen LogP contribution is 2.04. The summed E-state index contributed by atoms with van der Waals surface area (Å²) in [4.78, 5) is 40.0. The Hall–Kier alpha value is -1.98. The van der Waals surface area contributed by atoms with Crippen LogP contribution in [0.3, 0.4) is 0 Å². The summed E-state index contributed by atoms with van der Waals surface area (Å²) in [5, 5.41) is 0. The molecule has 6 heteroatoms. The van der Waals surface area contributed by atoms with Crippen molar-refractivity contribution in [2.45, 2.75) is 39.5 Å². The molecule has 0 unspecified atom stereocenters. The van der Waals surface area contributed by atoms with Crippen molar-refractivity contribution in [3.8, 4) is 0 Å². The predicted octanol–water partition coefficient (Wildman–Crippen LogP) is 1.28. The van der Waals surface area contributed by atoms with E-state index in [0.29, 0.717) is 0 Å². The van der Waals surface area contributed by atoms with Crippen molar-refractivity contribution in [2.24, 2.45) is 0 Å². The summed E-state index contributed by atoms with van der Waals surface area (Å²) >= 11 is 0. The summed E-state index contributed by atoms with van der Waals surface area (Å²) in [6, 6.07) is 0. The highest BCUT2D eigenvalue weighted by atomic mass is 16.6. The number of esters is 4. The van der Waals surface area contributed by atoms with Crippen molar-refractivity contribution < 1.29 is 28.7 Å². The first-order valence-corrected chi connectivity index (χ1v) is 5.40. The fourth-order valence-corrected chi connectivity index (χ4v) is 0.866. The van der Waals surface area contributed by atoms with Crippen molar-refractivity contribution >= 4 is 23.9 Å². The molecule has 0 saturated carbocycles. The van der Waals surface area contributed by atoms with Crippen LogP contribution in [-0.2, 0) is 28.7 Å². The molecule has 2 fully saturated rings. The van der Waals surface area contributed by atoms with E-state index in [0.717, 1.165) is 0 Å². The minimum atomic E-state index is -0.398. The lowest BCUT2D eigenvalue weighted by Gasteiger charge is -1.79. The maximum Gasteiger partial charge on any atom is 0.314 e. The lowest BCUT2D eigenvalue weighted by atomic mass is 10.4. The zero-order valence-electron chi connectivity index (χ0n) is 10.5. The molecule has 0 N–H and O–H groups in total. The molecule has 2 heterocycles. The molecule has 0 radical (unpaired) electrons. The van der Waals surface area contributed by atoms with Gasteiger partial charge < -0.3 is 9.47 Å². The molecule has 0 bridgehead atoms. The number of allylic oxidation sites excluding steroid dienone is 1. The van der Waals surface area contributed by atoms with Crippen LogP contribution < -0.4 is 0 Å². The van der Waals surface area contributed by atoms with Gasteiger partial charge in [-0.15, -0.1) is 6.58 Å². The third kappa shape index (κ3) is 9.26. The van der Waals surface area contributed by atoms with E-state index in [2.05, 4.69) is 16.1 Å². The maximum absolute atomic E-state index is 10.0. The molecule has 0 spiro atoms. The number of carbonyl (C=O) groups excluding carboxylic acids is 4. The smallest absolute Gasteiger partial charge is 0.314 e. The third-order valence-electron chi connectivity index (χ3n) is 1.52. The van der Waals surface area contributed by atoms with Crippen molar-refractivity contribution in [3.63, 3.8) is 0 Å². The molecule has 6 nitrogen and oxygen atoms in total. The standard InChI is InChI=1S/2C4H4O3.C4H8/c2*5-3-1-2-4(6)7-3;1-4(2)3/h2*1-2H2;1H2,2-3H3. The number of hydrogen-bond acceptors (Lipinski definition) is 6. The summed E-state index contributed by atoms with van der Waals surface area (Å²) in [7, 11) is 0. The minimum absolute atomic E-state index is 0.263. The molecular weight excluding hydrogens is 240 g/mol. The summed E-state index contributed by atoms with van der Waals surface area (Å²) in [5.74, 6) is -1.59. The van der Waals surface area contributed by atoms with Crippen LogP contribution in [0.1, 0.15) is 39.5 Å². The number of carbonyl (C=O) groups is 4. The second kappa shape index (κ2) is 8.16. The van der Waals surface area contributed by atoms with Crippen molar-refractivity contribution in [1.82, 2.24) is 0 Å². The van der Waals surface area contributed by atoms with E-state index in [4.69, 9.17) is 0 Å². The van der Waals surface area contributed by atoms with Gasteiger partial charge in [0.25, 0.3) is 0 Å². The Morgan fingerprint density at radius 3 is 1.00 bits per heavy atom. The second-order valence-corrected chi connectivity index (χ2v) is 3.90. The number of ether oxygens (including phenoxy) is 2. The molecule has 2 aliphatic heterocycles. The summed E-state index contributed by atoms with van der Waals surface area (Å²) in [5.41, 5.74) is 1.17. The van der Waals surface area contributed by atoms with Crippen LogP contribution in [0.25, 0.3) is 0 Å². The minimum Gasteiger partial charge on any atom is -0.393 e. The van der Waals surface area contributed by atoms with Gasteiger partial charge in [-0.25, -0.2) is 0 Å². The fourth-order valence-electron chi connectivity index (χ4n) is 0.866. The molecular formula is C12H16O6. The topological polar surface area (TPSA) is 86.7 Å². The van der Waals surface area contributed by atoms with Gasteiger partial charge in [-0.1, -0.05) is 5.57 Å². The van der Waals surface area contributed by atoms with Crippen LogP contribution in [-0.4, -0.2) is 23.9 Å². The first-order chi connectivity index (χ1) is 8.31. The van der Waals surface area contributed by atoms with Gasteiger partial charge in [0.15, 0.2) is 0 Å². The number of hydrogen-bond donors (Lipinski definition) is 0. The quantitative estimate of drug-likeness (QED) is 0.368. The van der Waals surface area contributed by atoms with Gasteiger partial charge in [0.2, 0.25) is 0 Å². The first-order valence-electron chi connectivity index (χ1n) is 5.40. The highest BCUT2D eigenvalue weighted by Gasteiger charge is 2.19. The monoisotopic (exact) mass is 256 g/mol. The van der Waals surface area contributed by atoms with E-state index in [1.807, 2.05) is 13.8 Å². The molecule has 18 heavy (non-hydrogen) atoms. The molecule has 100 valence electrons. The second-order valence-electron chi connectivity index (χ2n) is 3.90. The molecule has 0 aromatic rings. The van der Waals surface area contributed by atoms with E-state index in [1.54, 1.807) is 0 Å². The van der Waals surface area contributed by atoms with Crippen molar-refractivity contribution in [1.29, 1.82) is 0 Å². The average Bonchev–Trinajstić information content (AvgIpc) is 2.76. The van der Waals surface area contributed by atoms with E-state index in [9.17, 15) is 19.2 Å². The van der Waals surface area contributed by atoms with Crippen LogP contribution in [0.4, 0.5) is 0 Å².